The van der Waals surface area contributed by atoms with Gasteiger partial charge in [0.05, 0.1) is 12.8 Å². The Labute approximate surface area is 161 Å². The van der Waals surface area contributed by atoms with E-state index in [0.717, 1.165) is 47.2 Å². The smallest absolute Gasteiger partial charge is 0.293 e. The minimum atomic E-state index is -0.354. The number of aliphatic imine (C=N–C) groups is 1. The van der Waals surface area contributed by atoms with Crippen molar-refractivity contribution >= 4 is 28.4 Å². The Morgan fingerprint density at radius 2 is 2.14 bits per heavy atom. The van der Waals surface area contributed by atoms with Crippen molar-refractivity contribution in [2.45, 2.75) is 19.3 Å². The van der Waals surface area contributed by atoms with E-state index < -0.39 is 0 Å². The Hall–Kier alpha value is -3.41. The molecular weight excluding hydrogens is 354 g/mol. The Bertz CT molecular complexity index is 1150. The molecule has 28 heavy (non-hydrogen) atoms. The molecule has 1 atom stereocenters. The van der Waals surface area contributed by atoms with E-state index in [0.29, 0.717) is 11.4 Å². The Morgan fingerprint density at radius 3 is 3.00 bits per heavy atom. The summed E-state index contributed by atoms with van der Waals surface area (Å²) in [6.07, 6.45) is 8.52. The van der Waals surface area contributed by atoms with Crippen molar-refractivity contribution in [3.8, 4) is 5.75 Å². The highest BCUT2D eigenvalue weighted by Crippen LogP contribution is 2.39. The van der Waals surface area contributed by atoms with Gasteiger partial charge >= 0.3 is 0 Å². The summed E-state index contributed by atoms with van der Waals surface area (Å²) >= 11 is 0. The average Bonchev–Trinajstić information content (AvgIpc) is 3.35. The maximum absolute atomic E-state index is 12.6. The number of benzene rings is 1. The number of H-pyrrole nitrogens is 1. The molecular formula is C22H19N3O3. The third-order valence-electron chi connectivity index (χ3n) is 5.56. The summed E-state index contributed by atoms with van der Waals surface area (Å²) in [6.45, 7) is 0. The van der Waals surface area contributed by atoms with Crippen LogP contribution in [0.25, 0.3) is 10.9 Å². The van der Waals surface area contributed by atoms with Gasteiger partial charge in [-0.25, -0.2) is 4.99 Å². The monoisotopic (exact) mass is 373 g/mol. The molecule has 1 unspecified atom stereocenters. The number of allylic oxidation sites excluding steroid dienone is 3. The molecule has 2 aromatic rings. The molecule has 0 saturated carbocycles. The predicted octanol–water partition coefficient (Wildman–Crippen LogP) is 3.44. The van der Waals surface area contributed by atoms with E-state index in [1.807, 2.05) is 30.4 Å². The first-order chi connectivity index (χ1) is 13.6. The molecule has 2 heterocycles. The van der Waals surface area contributed by atoms with Crippen molar-refractivity contribution in [1.82, 2.24) is 10.3 Å². The molecule has 0 saturated heterocycles. The maximum atomic E-state index is 12.6. The van der Waals surface area contributed by atoms with Crippen molar-refractivity contribution in [3.63, 3.8) is 0 Å². The number of aromatic amines is 1. The van der Waals surface area contributed by atoms with Crippen LogP contribution in [0, 0.1) is 5.92 Å². The van der Waals surface area contributed by atoms with Gasteiger partial charge in [-0.3, -0.25) is 9.59 Å². The predicted molar refractivity (Wildman–Crippen MR) is 106 cm³/mol. The third-order valence-corrected chi connectivity index (χ3v) is 5.56. The van der Waals surface area contributed by atoms with Crippen molar-refractivity contribution in [2.75, 3.05) is 7.11 Å². The fraction of sp³-hybridized carbons (Fsp3) is 0.227. The molecule has 2 aliphatic carbocycles. The summed E-state index contributed by atoms with van der Waals surface area (Å²) in [7, 11) is 1.60. The molecule has 5 rings (SSSR count). The number of carbonyl (C=O) groups excluding carboxylic acids is 2. The molecule has 1 aromatic carbocycles. The van der Waals surface area contributed by atoms with Crippen LogP contribution in [0.2, 0.25) is 0 Å². The van der Waals surface area contributed by atoms with Crippen LogP contribution in [0.5, 0.6) is 5.75 Å². The second-order valence-electron chi connectivity index (χ2n) is 7.23. The number of methoxy groups -OCH3 is 1. The van der Waals surface area contributed by atoms with Crippen LogP contribution in [0.3, 0.4) is 0 Å². The number of amides is 2. The fourth-order valence-corrected chi connectivity index (χ4v) is 4.18. The lowest BCUT2D eigenvalue weighted by molar-refractivity contribution is -0.117. The highest BCUT2D eigenvalue weighted by molar-refractivity contribution is 6.14. The molecule has 140 valence electrons. The van der Waals surface area contributed by atoms with Gasteiger partial charge in [0.1, 0.15) is 11.4 Å². The zero-order valence-electron chi connectivity index (χ0n) is 15.4. The highest BCUT2D eigenvalue weighted by atomic mass is 16.5. The molecule has 0 bridgehead atoms. The quantitative estimate of drug-likeness (QED) is 0.846. The van der Waals surface area contributed by atoms with Crippen molar-refractivity contribution in [3.05, 3.63) is 65.0 Å². The molecule has 0 fully saturated rings. The van der Waals surface area contributed by atoms with Gasteiger partial charge in [0.15, 0.2) is 0 Å². The summed E-state index contributed by atoms with van der Waals surface area (Å²) in [4.78, 5) is 32.2. The standard InChI is InChI=1S/C22H19N3O3/c1-28-14-7-5-12-9-20(24-18(12)11-14)22(27)23-13-6-8-16-15-3-2-4-17(15)21(26)25-19(16)10-13/h5-11,16,24H,2-4H2,1H3,(H,25,26). The number of nitrogens with one attached hydrogen (secondary N) is 2. The maximum Gasteiger partial charge on any atom is 0.293 e. The van der Waals surface area contributed by atoms with E-state index >= 15 is 0 Å². The molecule has 2 N–H and O–H groups in total. The fourth-order valence-electron chi connectivity index (χ4n) is 4.18. The van der Waals surface area contributed by atoms with E-state index in [-0.39, 0.29) is 17.7 Å². The molecule has 1 aromatic heterocycles. The van der Waals surface area contributed by atoms with Gasteiger partial charge in [0.2, 0.25) is 0 Å². The highest BCUT2D eigenvalue weighted by Gasteiger charge is 2.34. The van der Waals surface area contributed by atoms with Gasteiger partial charge in [-0.1, -0.05) is 6.08 Å². The van der Waals surface area contributed by atoms with Crippen LogP contribution < -0.4 is 10.1 Å². The van der Waals surface area contributed by atoms with Gasteiger partial charge in [-0.05, 0) is 55.2 Å². The second-order valence-corrected chi connectivity index (χ2v) is 7.23. The van der Waals surface area contributed by atoms with Crippen LogP contribution in [0.4, 0.5) is 0 Å². The van der Waals surface area contributed by atoms with E-state index in [2.05, 4.69) is 15.3 Å². The number of rotatable bonds is 2. The lowest BCUT2D eigenvalue weighted by Gasteiger charge is -2.28. The number of ether oxygens (including phenoxy) is 1. The summed E-state index contributed by atoms with van der Waals surface area (Å²) in [5.74, 6) is 0.456. The summed E-state index contributed by atoms with van der Waals surface area (Å²) in [5, 5.41) is 3.88. The van der Waals surface area contributed by atoms with Crippen LogP contribution in [-0.4, -0.2) is 29.6 Å². The number of nitrogens with zero attached hydrogens (tertiary/aromatic N) is 1. The molecule has 0 spiro atoms. The van der Waals surface area contributed by atoms with E-state index in [9.17, 15) is 9.59 Å². The van der Waals surface area contributed by atoms with Gasteiger partial charge in [0, 0.05) is 34.2 Å². The lowest BCUT2D eigenvalue weighted by atomic mass is 9.85. The van der Waals surface area contributed by atoms with Gasteiger partial charge in [-0.15, -0.1) is 0 Å². The topological polar surface area (TPSA) is 83.5 Å². The Kier molecular flexibility index (Phi) is 3.79. The number of carbonyl (C=O) groups is 2. The first-order valence-corrected chi connectivity index (χ1v) is 9.35. The zero-order valence-corrected chi connectivity index (χ0v) is 15.4. The third kappa shape index (κ3) is 2.69. The summed E-state index contributed by atoms with van der Waals surface area (Å²) in [6, 6.07) is 7.37. The number of fused-ring (bicyclic) bond motifs is 3. The van der Waals surface area contributed by atoms with Gasteiger partial charge < -0.3 is 15.0 Å². The minimum absolute atomic E-state index is 0.0134. The average molecular weight is 373 g/mol. The summed E-state index contributed by atoms with van der Waals surface area (Å²) in [5.41, 5.74) is 4.72. The van der Waals surface area contributed by atoms with E-state index in [4.69, 9.17) is 4.74 Å². The number of hydrogen-bond donors (Lipinski definition) is 2. The normalized spacial score (nSPS) is 22.2. The molecule has 1 aliphatic heterocycles. The second kappa shape index (κ2) is 6.34. The minimum Gasteiger partial charge on any atom is -0.497 e. The van der Waals surface area contributed by atoms with E-state index in [1.165, 1.54) is 5.57 Å². The van der Waals surface area contributed by atoms with Crippen molar-refractivity contribution < 1.29 is 14.3 Å². The molecule has 2 amide bonds. The molecule has 0 radical (unpaired) electrons. The summed E-state index contributed by atoms with van der Waals surface area (Å²) < 4.78 is 5.21. The van der Waals surface area contributed by atoms with E-state index in [1.54, 1.807) is 19.3 Å². The van der Waals surface area contributed by atoms with Crippen molar-refractivity contribution in [2.24, 2.45) is 10.9 Å². The van der Waals surface area contributed by atoms with Gasteiger partial charge in [-0.2, -0.15) is 0 Å². The number of aromatic nitrogens is 1. The van der Waals surface area contributed by atoms with Gasteiger partial charge in [0.25, 0.3) is 11.8 Å². The first kappa shape index (κ1) is 16.7. The first-order valence-electron chi connectivity index (χ1n) is 9.35. The van der Waals surface area contributed by atoms with Crippen LogP contribution in [0.1, 0.15) is 29.8 Å². The number of hydrogen-bond acceptors (Lipinski definition) is 3. The van der Waals surface area contributed by atoms with Crippen LogP contribution >= 0.6 is 0 Å². The molecule has 6 nitrogen and oxygen atoms in total. The Balaban J connectivity index is 1.43. The SMILES string of the molecule is COc1ccc2cc(C(=O)N=C3C=CC4C(=C3)NC(=O)C3=C4CCC3)[nH]c2c1. The molecule has 3 aliphatic rings. The molecule has 6 heteroatoms. The van der Waals surface area contributed by atoms with Crippen LogP contribution in [0.15, 0.2) is 64.3 Å². The van der Waals surface area contributed by atoms with Crippen LogP contribution in [-0.2, 0) is 4.79 Å². The Morgan fingerprint density at radius 1 is 1.25 bits per heavy atom. The van der Waals surface area contributed by atoms with Crippen molar-refractivity contribution in [1.29, 1.82) is 0 Å². The lowest BCUT2D eigenvalue weighted by Crippen LogP contribution is -2.35. The zero-order chi connectivity index (χ0) is 19.3. The largest absolute Gasteiger partial charge is 0.497 e.